The summed E-state index contributed by atoms with van der Waals surface area (Å²) in [5.41, 5.74) is -1.37. The zero-order chi connectivity index (χ0) is 33.7. The monoisotopic (exact) mass is 663 g/mol. The van der Waals surface area contributed by atoms with E-state index < -0.39 is 70.2 Å². The number of carbonyl (C=O) groups excluding carboxylic acids is 3. The van der Waals surface area contributed by atoms with Crippen LogP contribution in [0.5, 0.6) is 0 Å². The van der Waals surface area contributed by atoms with E-state index in [0.717, 1.165) is 19.3 Å². The zero-order valence-electron chi connectivity index (χ0n) is 26.4. The maximum atomic E-state index is 14.3. The molecule has 14 heteroatoms. The third-order valence-corrected chi connectivity index (χ3v) is 10.4. The number of ether oxygens (including phenoxy) is 1. The summed E-state index contributed by atoms with van der Waals surface area (Å²) in [5, 5.41) is 15.8. The van der Waals surface area contributed by atoms with Crippen LogP contribution < -0.4 is 26.4 Å². The maximum absolute atomic E-state index is 14.3. The van der Waals surface area contributed by atoms with E-state index >= 15 is 0 Å². The number of allylic oxidation sites excluding steroid dienone is 1. The number of hydrogen-bond donors (Lipinski definition) is 3. The number of carbonyl (C=O) groups is 4. The number of fused-ring (bicyclic) bond motifs is 3. The van der Waals surface area contributed by atoms with Gasteiger partial charge in [0.15, 0.2) is 0 Å². The molecule has 2 saturated heterocycles. The normalized spacial score (nSPS) is 29.5. The Morgan fingerprint density at radius 3 is 2.58 bits per heavy atom. The van der Waals surface area contributed by atoms with Crippen molar-refractivity contribution in [2.45, 2.75) is 88.2 Å². The van der Waals surface area contributed by atoms with Crippen LogP contribution in [0.4, 0.5) is 20.6 Å². The summed E-state index contributed by atoms with van der Waals surface area (Å²) in [5.74, 6) is -3.19. The number of anilines is 2. The fourth-order valence-corrected chi connectivity index (χ4v) is 7.40. The van der Waals surface area contributed by atoms with Crippen molar-refractivity contribution >= 4 is 35.3 Å². The molecule has 1 saturated carbocycles. The number of halogens is 1. The Balaban J connectivity index is 1.15. The predicted octanol–water partition coefficient (Wildman–Crippen LogP) is 2.01. The predicted molar refractivity (Wildman–Crippen MR) is 170 cm³/mol. The first-order chi connectivity index (χ1) is 23.1. The summed E-state index contributed by atoms with van der Waals surface area (Å²) in [7, 11) is 0. The minimum absolute atomic E-state index is 0.0172. The Hall–Kier alpha value is -4.75. The van der Waals surface area contributed by atoms with Crippen molar-refractivity contribution in [2.24, 2.45) is 5.92 Å². The second-order valence-corrected chi connectivity index (χ2v) is 13.5. The van der Waals surface area contributed by atoms with E-state index in [9.17, 15) is 38.3 Å². The lowest BCUT2D eigenvalue weighted by atomic mass is 10.0. The van der Waals surface area contributed by atoms with Gasteiger partial charge in [-0.15, -0.1) is 0 Å². The number of benzene rings is 1. The number of carboxylic acids is 1. The molecule has 2 aromatic rings. The SMILES string of the molecule is O=C1N[C@]2(C(=O)O)C[C@H]2/C=C\CCCCC[C@H](Nc2c(N3CCC3)c(=O)c2=O)C(=O)N2C[C@H](OC(=O)N3Cc4cccc(F)c4C3)C[C@@H]12. The molecular weight excluding hydrogens is 625 g/mol. The molecule has 3 N–H and O–H groups in total. The largest absolute Gasteiger partial charge is 0.479 e. The molecule has 7 rings (SSSR count). The Bertz CT molecular complexity index is 1770. The molecule has 3 amide bonds. The minimum Gasteiger partial charge on any atom is -0.479 e. The smallest absolute Gasteiger partial charge is 0.410 e. The maximum Gasteiger partial charge on any atom is 0.410 e. The van der Waals surface area contributed by atoms with Crippen LogP contribution in [-0.2, 0) is 32.2 Å². The van der Waals surface area contributed by atoms with Crippen LogP contribution in [0.25, 0.3) is 0 Å². The highest BCUT2D eigenvalue weighted by Crippen LogP contribution is 2.45. The van der Waals surface area contributed by atoms with Gasteiger partial charge in [0.25, 0.3) is 10.9 Å². The molecule has 0 spiro atoms. The molecule has 5 aliphatic rings. The fourth-order valence-electron chi connectivity index (χ4n) is 7.40. The Labute approximate surface area is 275 Å². The quantitative estimate of drug-likeness (QED) is 0.318. The summed E-state index contributed by atoms with van der Waals surface area (Å²) in [6.07, 6.45) is 6.31. The van der Waals surface area contributed by atoms with Gasteiger partial charge in [-0.3, -0.25) is 24.1 Å². The van der Waals surface area contributed by atoms with Crippen molar-refractivity contribution in [2.75, 3.05) is 29.9 Å². The molecular formula is C34H38FN5O8. The van der Waals surface area contributed by atoms with Crippen molar-refractivity contribution < 1.29 is 33.4 Å². The first kappa shape index (κ1) is 31.8. The van der Waals surface area contributed by atoms with Crippen molar-refractivity contribution in [1.29, 1.82) is 0 Å². The lowest BCUT2D eigenvalue weighted by molar-refractivity contribution is -0.145. The molecule has 4 aliphatic heterocycles. The Morgan fingerprint density at radius 2 is 1.85 bits per heavy atom. The summed E-state index contributed by atoms with van der Waals surface area (Å²) in [6, 6.07) is 2.50. The highest BCUT2D eigenvalue weighted by atomic mass is 19.1. The average molecular weight is 664 g/mol. The first-order valence-corrected chi connectivity index (χ1v) is 16.7. The zero-order valence-corrected chi connectivity index (χ0v) is 26.4. The molecule has 5 atom stereocenters. The summed E-state index contributed by atoms with van der Waals surface area (Å²) >= 11 is 0. The van der Waals surface area contributed by atoms with Gasteiger partial charge < -0.3 is 30.3 Å². The van der Waals surface area contributed by atoms with Gasteiger partial charge in [0.1, 0.15) is 40.9 Å². The summed E-state index contributed by atoms with van der Waals surface area (Å²) < 4.78 is 20.1. The van der Waals surface area contributed by atoms with Crippen LogP contribution in [0, 0.1) is 11.7 Å². The van der Waals surface area contributed by atoms with Crippen LogP contribution in [0.2, 0.25) is 0 Å². The number of amides is 3. The minimum atomic E-state index is -1.50. The van der Waals surface area contributed by atoms with E-state index in [-0.39, 0.29) is 43.9 Å². The van der Waals surface area contributed by atoms with Gasteiger partial charge in [-0.2, -0.15) is 0 Å². The first-order valence-electron chi connectivity index (χ1n) is 16.7. The van der Waals surface area contributed by atoms with Crippen LogP contribution in [-0.4, -0.2) is 82.1 Å². The van der Waals surface area contributed by atoms with Gasteiger partial charge in [0.05, 0.1) is 13.1 Å². The molecule has 2 aromatic carbocycles. The third-order valence-electron chi connectivity index (χ3n) is 10.4. The molecule has 0 aromatic heterocycles. The van der Waals surface area contributed by atoms with Crippen molar-refractivity contribution in [3.05, 3.63) is 67.7 Å². The van der Waals surface area contributed by atoms with E-state index in [4.69, 9.17) is 4.74 Å². The van der Waals surface area contributed by atoms with Crippen molar-refractivity contribution in [3.63, 3.8) is 0 Å². The van der Waals surface area contributed by atoms with Gasteiger partial charge >= 0.3 is 12.1 Å². The van der Waals surface area contributed by atoms with Crippen LogP contribution in [0.15, 0.2) is 39.9 Å². The van der Waals surface area contributed by atoms with Crippen LogP contribution in [0.1, 0.15) is 62.5 Å². The highest BCUT2D eigenvalue weighted by Gasteiger charge is 2.61. The van der Waals surface area contributed by atoms with E-state index in [0.29, 0.717) is 43.5 Å². The van der Waals surface area contributed by atoms with Gasteiger partial charge in [-0.25, -0.2) is 14.0 Å². The molecule has 48 heavy (non-hydrogen) atoms. The van der Waals surface area contributed by atoms with E-state index in [1.807, 2.05) is 12.2 Å². The number of aliphatic carboxylic acids is 1. The fraction of sp³-hybridized carbons (Fsp3) is 0.529. The molecule has 0 bridgehead atoms. The molecule has 4 heterocycles. The molecule has 254 valence electrons. The molecule has 1 aliphatic carbocycles. The molecule has 13 nitrogen and oxygen atoms in total. The number of hydrogen-bond acceptors (Lipinski definition) is 9. The van der Waals surface area contributed by atoms with Crippen molar-refractivity contribution in [1.82, 2.24) is 15.1 Å². The molecule has 3 fully saturated rings. The summed E-state index contributed by atoms with van der Waals surface area (Å²) in [6.45, 7) is 1.28. The van der Waals surface area contributed by atoms with E-state index in [2.05, 4.69) is 10.6 Å². The standard InChI is InChI=1S/C34H38FN5O8/c35-23-10-6-8-19-16-39(18-22(19)23)33(47)48-21-14-25-30(43)37-34(32(45)46)15-20(34)9-4-2-1-3-5-11-24(31(44)40(25)17-21)36-26-27(29(42)28(26)41)38-12-7-13-38/h4,6,8-10,20-21,24-25,36H,1-3,5,7,11-18H2,(H,37,43)(H,45,46)/b9-4-/t20-,21-,24+,25+,34-/m1/s1. The van der Waals surface area contributed by atoms with Crippen LogP contribution in [0.3, 0.4) is 0 Å². The Morgan fingerprint density at radius 1 is 1.04 bits per heavy atom. The van der Waals surface area contributed by atoms with Gasteiger partial charge in [0, 0.05) is 37.5 Å². The van der Waals surface area contributed by atoms with Crippen molar-refractivity contribution in [3.8, 4) is 0 Å². The number of carboxylic acid groups (broad SMARTS) is 1. The van der Waals surface area contributed by atoms with E-state index in [1.54, 1.807) is 17.0 Å². The van der Waals surface area contributed by atoms with E-state index in [1.165, 1.54) is 15.9 Å². The number of nitrogens with zero attached hydrogens (tertiary/aromatic N) is 3. The van der Waals surface area contributed by atoms with Gasteiger partial charge in [-0.1, -0.05) is 37.1 Å². The topological polar surface area (TPSA) is 166 Å². The number of nitrogens with one attached hydrogen (secondary N) is 2. The summed E-state index contributed by atoms with van der Waals surface area (Å²) in [4.78, 5) is 83.4. The highest BCUT2D eigenvalue weighted by molar-refractivity contribution is 5.96. The van der Waals surface area contributed by atoms with Crippen LogP contribution >= 0.6 is 0 Å². The Kier molecular flexibility index (Phi) is 8.20. The van der Waals surface area contributed by atoms with Gasteiger partial charge in [0.2, 0.25) is 11.8 Å². The lowest BCUT2D eigenvalue weighted by Crippen LogP contribution is -2.55. The molecule has 0 radical (unpaired) electrons. The molecule has 0 unspecified atom stereocenters. The average Bonchev–Trinajstić information content (AvgIpc) is 3.34. The second-order valence-electron chi connectivity index (χ2n) is 13.5. The third kappa shape index (κ3) is 5.60. The lowest BCUT2D eigenvalue weighted by Gasteiger charge is -2.36. The second kappa shape index (κ2) is 12.4. The number of rotatable bonds is 5. The van der Waals surface area contributed by atoms with Gasteiger partial charge in [-0.05, 0) is 43.7 Å².